The van der Waals surface area contributed by atoms with Crippen LogP contribution in [0.3, 0.4) is 0 Å². The maximum absolute atomic E-state index is 10.6. The molecule has 0 saturated carbocycles. The topological polar surface area (TPSA) is 107 Å². The zero-order chi connectivity index (χ0) is 11.3. The van der Waals surface area contributed by atoms with Gasteiger partial charge in [0.15, 0.2) is 0 Å². The molecule has 0 fully saturated rings. The predicted octanol–water partition coefficient (Wildman–Crippen LogP) is -2.21. The molecule has 0 unspecified atom stereocenters. The van der Waals surface area contributed by atoms with E-state index in [1.165, 1.54) is 13.8 Å². The summed E-state index contributed by atoms with van der Waals surface area (Å²) in [5, 5.41) is 29.6. The lowest BCUT2D eigenvalue weighted by Gasteiger charge is -2.24. The number of rotatable bonds is 5. The molecule has 0 heterocycles. The monoisotopic (exact) mass is 205 g/mol. The van der Waals surface area contributed by atoms with Gasteiger partial charge in [-0.25, -0.2) is 0 Å². The average Bonchev–Trinajstić information content (AvgIpc) is 2.11. The lowest BCUT2D eigenvalue weighted by molar-refractivity contribution is -0.128. The molecule has 4 N–H and O–H groups in total. The predicted molar refractivity (Wildman–Crippen MR) is 47.4 cm³/mol. The first-order valence-corrected chi connectivity index (χ1v) is 4.16. The number of carbonyl (C=O) groups excluding carboxylic acids is 2. The molecule has 0 aliphatic rings. The first kappa shape index (κ1) is 13.0. The Bertz CT molecular complexity index is 206. The third kappa shape index (κ3) is 3.82. The van der Waals surface area contributed by atoms with Crippen LogP contribution in [0.2, 0.25) is 0 Å². The third-order valence-corrected chi connectivity index (χ3v) is 1.73. The summed E-state index contributed by atoms with van der Waals surface area (Å²) in [7, 11) is 0. The molecule has 14 heavy (non-hydrogen) atoms. The van der Waals surface area contributed by atoms with Crippen molar-refractivity contribution in [2.45, 2.75) is 38.2 Å². The lowest BCUT2D eigenvalue weighted by Crippen LogP contribution is -2.51. The summed E-state index contributed by atoms with van der Waals surface area (Å²) in [6, 6.07) is -1.21. The Morgan fingerprint density at radius 2 is 1.79 bits per heavy atom. The zero-order valence-corrected chi connectivity index (χ0v) is 8.04. The van der Waals surface area contributed by atoms with Crippen LogP contribution in [0.25, 0.3) is 0 Å². The Hall–Kier alpha value is -0.980. The molecule has 0 aliphatic carbocycles. The van der Waals surface area contributed by atoms with Crippen LogP contribution in [0.15, 0.2) is 0 Å². The van der Waals surface area contributed by atoms with Crippen molar-refractivity contribution >= 4 is 12.2 Å². The molecule has 0 aliphatic heterocycles. The van der Waals surface area contributed by atoms with Gasteiger partial charge in [-0.2, -0.15) is 0 Å². The second kappa shape index (κ2) is 5.69. The molecule has 4 atom stereocenters. The number of nitrogens with one attached hydrogen (secondary N) is 1. The van der Waals surface area contributed by atoms with Gasteiger partial charge in [-0.1, -0.05) is 0 Å². The molecule has 0 aromatic rings. The van der Waals surface area contributed by atoms with Crippen molar-refractivity contribution in [1.29, 1.82) is 0 Å². The smallest absolute Gasteiger partial charge is 0.217 e. The molecule has 0 aromatic carbocycles. The number of aldehydes is 1. The van der Waals surface area contributed by atoms with Gasteiger partial charge in [0.25, 0.3) is 0 Å². The highest BCUT2D eigenvalue weighted by Gasteiger charge is 2.29. The average molecular weight is 205 g/mol. The minimum atomic E-state index is -1.52. The summed E-state index contributed by atoms with van der Waals surface area (Å²) in [6.07, 6.45) is -3.87. The Morgan fingerprint density at radius 3 is 2.07 bits per heavy atom. The Balaban J connectivity index is 4.36. The van der Waals surface area contributed by atoms with E-state index in [0.29, 0.717) is 6.29 Å². The number of amides is 1. The molecule has 0 saturated heterocycles. The lowest BCUT2D eigenvalue weighted by atomic mass is 10.0. The van der Waals surface area contributed by atoms with Gasteiger partial charge in [-0.15, -0.1) is 0 Å². The minimum absolute atomic E-state index is 0.303. The SMILES string of the molecule is CC(=O)N[C@H](C=O)[C@@H](O)[C@@H](O)[C@@H](C)O. The maximum Gasteiger partial charge on any atom is 0.217 e. The van der Waals surface area contributed by atoms with Gasteiger partial charge in [0.2, 0.25) is 5.91 Å². The van der Waals surface area contributed by atoms with Gasteiger partial charge in [-0.05, 0) is 6.92 Å². The summed E-state index contributed by atoms with van der Waals surface area (Å²) in [4.78, 5) is 21.0. The van der Waals surface area contributed by atoms with Crippen LogP contribution >= 0.6 is 0 Å². The fraction of sp³-hybridized carbons (Fsp3) is 0.750. The Labute approximate surface area is 81.5 Å². The summed E-state index contributed by atoms with van der Waals surface area (Å²) in [6.45, 7) is 2.45. The van der Waals surface area contributed by atoms with Crippen LogP contribution in [-0.2, 0) is 9.59 Å². The van der Waals surface area contributed by atoms with Gasteiger partial charge in [0, 0.05) is 6.92 Å². The molecule has 0 spiro atoms. The Kier molecular flexibility index (Phi) is 5.29. The first-order valence-electron chi connectivity index (χ1n) is 4.16. The van der Waals surface area contributed by atoms with Gasteiger partial charge in [-0.3, -0.25) is 4.79 Å². The van der Waals surface area contributed by atoms with E-state index >= 15 is 0 Å². The van der Waals surface area contributed by atoms with Crippen LogP contribution in [0.4, 0.5) is 0 Å². The van der Waals surface area contributed by atoms with Crippen molar-refractivity contribution in [3.05, 3.63) is 0 Å². The van der Waals surface area contributed by atoms with E-state index in [1.54, 1.807) is 0 Å². The number of hydrogen-bond donors (Lipinski definition) is 4. The number of carbonyl (C=O) groups is 2. The molecule has 0 rings (SSSR count). The van der Waals surface area contributed by atoms with Gasteiger partial charge in [0.1, 0.15) is 24.5 Å². The van der Waals surface area contributed by atoms with E-state index in [1.807, 2.05) is 0 Å². The summed E-state index contributed by atoms with van der Waals surface area (Å²) < 4.78 is 0. The van der Waals surface area contributed by atoms with Crippen LogP contribution in [-0.4, -0.2) is 51.9 Å². The molecule has 0 radical (unpaired) electrons. The van der Waals surface area contributed by atoms with Crippen molar-refractivity contribution in [3.63, 3.8) is 0 Å². The minimum Gasteiger partial charge on any atom is -0.391 e. The largest absolute Gasteiger partial charge is 0.391 e. The maximum atomic E-state index is 10.6. The van der Waals surface area contributed by atoms with Crippen LogP contribution < -0.4 is 5.32 Å². The van der Waals surface area contributed by atoms with Crippen molar-refractivity contribution < 1.29 is 24.9 Å². The highest BCUT2D eigenvalue weighted by molar-refractivity contribution is 5.77. The molecule has 6 heteroatoms. The second-order valence-corrected chi connectivity index (χ2v) is 3.08. The van der Waals surface area contributed by atoms with Crippen LogP contribution in [0.5, 0.6) is 0 Å². The molecule has 82 valence electrons. The van der Waals surface area contributed by atoms with Crippen LogP contribution in [0, 0.1) is 0 Å². The third-order valence-electron chi connectivity index (χ3n) is 1.73. The van der Waals surface area contributed by atoms with E-state index in [-0.39, 0.29) is 0 Å². The summed E-state index contributed by atoms with van der Waals surface area (Å²) in [5.74, 6) is -0.501. The zero-order valence-electron chi connectivity index (χ0n) is 8.04. The molecular formula is C8H15NO5. The van der Waals surface area contributed by atoms with E-state index in [2.05, 4.69) is 5.32 Å². The fourth-order valence-corrected chi connectivity index (χ4v) is 0.932. The Morgan fingerprint density at radius 1 is 1.29 bits per heavy atom. The second-order valence-electron chi connectivity index (χ2n) is 3.08. The molecular weight excluding hydrogens is 190 g/mol. The van der Waals surface area contributed by atoms with Gasteiger partial charge >= 0.3 is 0 Å². The number of hydrogen-bond acceptors (Lipinski definition) is 5. The normalized spacial score (nSPS) is 19.2. The number of aliphatic hydroxyl groups is 3. The van der Waals surface area contributed by atoms with Crippen molar-refractivity contribution in [1.82, 2.24) is 5.32 Å². The standard InChI is InChI=1S/C8H15NO5/c1-4(11)7(13)8(14)6(3-10)9-5(2)12/h3-4,6-8,11,13-14H,1-2H3,(H,9,12)/t4-,6-,7+,8-/m1/s1. The van der Waals surface area contributed by atoms with Crippen LogP contribution in [0.1, 0.15) is 13.8 Å². The first-order chi connectivity index (χ1) is 6.40. The molecule has 0 aromatic heterocycles. The summed E-state index contributed by atoms with van der Waals surface area (Å²) >= 11 is 0. The quantitative estimate of drug-likeness (QED) is 0.381. The summed E-state index contributed by atoms with van der Waals surface area (Å²) in [5.41, 5.74) is 0. The highest BCUT2D eigenvalue weighted by Crippen LogP contribution is 2.03. The van der Waals surface area contributed by atoms with Gasteiger partial charge in [0.05, 0.1) is 6.10 Å². The number of aliphatic hydroxyl groups excluding tert-OH is 3. The van der Waals surface area contributed by atoms with E-state index in [4.69, 9.17) is 5.11 Å². The van der Waals surface area contributed by atoms with E-state index < -0.39 is 30.3 Å². The van der Waals surface area contributed by atoms with Crippen molar-refractivity contribution in [3.8, 4) is 0 Å². The molecule has 1 amide bonds. The van der Waals surface area contributed by atoms with Crippen molar-refractivity contribution in [2.24, 2.45) is 0 Å². The molecule has 0 bridgehead atoms. The fourth-order valence-electron chi connectivity index (χ4n) is 0.932. The molecule has 6 nitrogen and oxygen atoms in total. The van der Waals surface area contributed by atoms with Crippen molar-refractivity contribution in [2.75, 3.05) is 0 Å². The van der Waals surface area contributed by atoms with Gasteiger partial charge < -0.3 is 25.4 Å². The highest BCUT2D eigenvalue weighted by atomic mass is 16.4. The van der Waals surface area contributed by atoms with E-state index in [9.17, 15) is 19.8 Å². The van der Waals surface area contributed by atoms with E-state index in [0.717, 1.165) is 0 Å².